The number of pyridine rings is 1. The molecule has 0 radical (unpaired) electrons. The van der Waals surface area contributed by atoms with Crippen molar-refractivity contribution >= 4 is 22.5 Å². The topological polar surface area (TPSA) is 65.5 Å². The summed E-state index contributed by atoms with van der Waals surface area (Å²) in [6.45, 7) is 7.85. The number of fused-ring (bicyclic) bond motifs is 1. The Morgan fingerprint density at radius 1 is 0.971 bits per heavy atom. The van der Waals surface area contributed by atoms with Crippen LogP contribution in [0.15, 0.2) is 82.7 Å². The van der Waals surface area contributed by atoms with Crippen LogP contribution in [0.2, 0.25) is 0 Å². The number of rotatable bonds is 4. The maximum Gasteiger partial charge on any atom is 0.258 e. The Bertz CT molecular complexity index is 1520. The third-order valence-electron chi connectivity index (χ3n) is 6.70. The lowest BCUT2D eigenvalue weighted by atomic mass is 9.90. The molecular weight excluding hydrogens is 434 g/mol. The predicted octanol–water partition coefficient (Wildman–Crippen LogP) is 6.15. The number of nitrogens with zero attached hydrogens (tertiary/aromatic N) is 2. The molecule has 2 heterocycles. The molecule has 0 bridgehead atoms. The zero-order valence-corrected chi connectivity index (χ0v) is 20.5. The van der Waals surface area contributed by atoms with Gasteiger partial charge in [-0.2, -0.15) is 5.10 Å². The Balaban J connectivity index is 1.76. The van der Waals surface area contributed by atoms with Gasteiger partial charge >= 0.3 is 0 Å². The number of amides is 1. The van der Waals surface area contributed by atoms with Gasteiger partial charge in [-0.15, -0.1) is 0 Å². The highest BCUT2D eigenvalue weighted by molar-refractivity contribution is 6.13. The fraction of sp³-hybridized carbons (Fsp3) is 0.233. The van der Waals surface area contributed by atoms with Crippen molar-refractivity contribution in [2.45, 2.75) is 40.2 Å². The normalized spacial score (nSPS) is 15.6. The van der Waals surface area contributed by atoms with E-state index in [9.17, 15) is 9.59 Å². The molecular formula is C30H29N3O2. The first-order chi connectivity index (χ1) is 16.8. The van der Waals surface area contributed by atoms with Crippen molar-refractivity contribution in [3.05, 3.63) is 105 Å². The summed E-state index contributed by atoms with van der Waals surface area (Å²) in [7, 11) is 0. The summed E-state index contributed by atoms with van der Waals surface area (Å²) in [5.41, 5.74) is 6.82. The molecule has 1 amide bonds. The summed E-state index contributed by atoms with van der Waals surface area (Å²) >= 11 is 0. The van der Waals surface area contributed by atoms with Crippen LogP contribution < -0.4 is 5.56 Å². The minimum absolute atomic E-state index is 0.0532. The number of carbonyl (C=O) groups excluding carboxylic acids is 1. The van der Waals surface area contributed by atoms with Crippen LogP contribution in [0.3, 0.4) is 0 Å². The number of hydrogen-bond acceptors (Lipinski definition) is 3. The molecule has 35 heavy (non-hydrogen) atoms. The van der Waals surface area contributed by atoms with Crippen LogP contribution in [-0.4, -0.2) is 21.6 Å². The molecule has 0 spiro atoms. The first kappa shape index (κ1) is 22.8. The molecule has 1 unspecified atom stereocenters. The number of aromatic amines is 1. The lowest BCUT2D eigenvalue weighted by Crippen LogP contribution is -2.30. The van der Waals surface area contributed by atoms with E-state index in [4.69, 9.17) is 5.10 Å². The Morgan fingerprint density at radius 2 is 1.69 bits per heavy atom. The minimum atomic E-state index is -0.252. The third-order valence-corrected chi connectivity index (χ3v) is 6.70. The van der Waals surface area contributed by atoms with Gasteiger partial charge in [0.25, 0.3) is 5.56 Å². The zero-order chi connectivity index (χ0) is 24.7. The maximum atomic E-state index is 13.6. The average Bonchev–Trinajstić information content (AvgIpc) is 3.28. The highest BCUT2D eigenvalue weighted by atomic mass is 16.2. The van der Waals surface area contributed by atoms with Crippen molar-refractivity contribution in [3.63, 3.8) is 0 Å². The Labute approximate surface area is 205 Å². The predicted molar refractivity (Wildman–Crippen MR) is 141 cm³/mol. The van der Waals surface area contributed by atoms with Crippen molar-refractivity contribution in [3.8, 4) is 11.1 Å². The summed E-state index contributed by atoms with van der Waals surface area (Å²) in [5.74, 6) is -0.265. The zero-order valence-electron chi connectivity index (χ0n) is 20.5. The molecule has 3 aromatic carbocycles. The van der Waals surface area contributed by atoms with Crippen molar-refractivity contribution < 1.29 is 4.79 Å². The van der Waals surface area contributed by atoms with E-state index in [-0.39, 0.29) is 23.4 Å². The summed E-state index contributed by atoms with van der Waals surface area (Å²) < 4.78 is 0. The largest absolute Gasteiger partial charge is 0.321 e. The smallest absolute Gasteiger partial charge is 0.258 e. The number of carbonyl (C=O) groups is 1. The number of H-pyrrole nitrogens is 1. The second kappa shape index (κ2) is 8.99. The van der Waals surface area contributed by atoms with Crippen molar-refractivity contribution in [1.82, 2.24) is 9.99 Å². The fourth-order valence-electron chi connectivity index (χ4n) is 4.92. The SMILES string of the molecule is Cc1ccc2[nH]c(=O)c(C3=NN(C(=O)C(C)C)C(c4ccccc4C)C3)c(-c3ccccc3)c2c1. The summed E-state index contributed by atoms with van der Waals surface area (Å²) in [6, 6.07) is 23.8. The van der Waals surface area contributed by atoms with Gasteiger partial charge in [0, 0.05) is 28.8 Å². The Hall–Kier alpha value is -3.99. The van der Waals surface area contributed by atoms with E-state index < -0.39 is 0 Å². The van der Waals surface area contributed by atoms with Gasteiger partial charge < -0.3 is 4.98 Å². The van der Waals surface area contributed by atoms with Crippen molar-refractivity contribution in [2.24, 2.45) is 11.0 Å². The minimum Gasteiger partial charge on any atom is -0.321 e. The molecule has 0 saturated heterocycles. The van der Waals surface area contributed by atoms with Gasteiger partial charge in [0.05, 0.1) is 17.3 Å². The van der Waals surface area contributed by atoms with Gasteiger partial charge in [-0.1, -0.05) is 80.1 Å². The highest BCUT2D eigenvalue weighted by Gasteiger charge is 2.36. The second-order valence-corrected chi connectivity index (χ2v) is 9.58. The number of aryl methyl sites for hydroxylation is 2. The average molecular weight is 464 g/mol. The van der Waals surface area contributed by atoms with E-state index in [2.05, 4.69) is 11.1 Å². The number of benzene rings is 3. The first-order valence-corrected chi connectivity index (χ1v) is 12.0. The van der Waals surface area contributed by atoms with E-state index in [1.165, 1.54) is 0 Å². The third kappa shape index (κ3) is 4.08. The monoisotopic (exact) mass is 463 g/mol. The molecule has 1 aliphatic rings. The van der Waals surface area contributed by atoms with Gasteiger partial charge in [-0.3, -0.25) is 9.59 Å². The number of aromatic nitrogens is 1. The molecule has 0 fully saturated rings. The van der Waals surface area contributed by atoms with E-state index >= 15 is 0 Å². The van der Waals surface area contributed by atoms with E-state index in [1.54, 1.807) is 5.01 Å². The fourth-order valence-corrected chi connectivity index (χ4v) is 4.92. The van der Waals surface area contributed by atoms with Gasteiger partial charge in [0.2, 0.25) is 5.91 Å². The molecule has 176 valence electrons. The Kier molecular flexibility index (Phi) is 5.85. The van der Waals surface area contributed by atoms with E-state index in [1.807, 2.05) is 94.4 Å². The van der Waals surface area contributed by atoms with E-state index in [0.717, 1.165) is 38.7 Å². The molecule has 0 aliphatic carbocycles. The molecule has 1 atom stereocenters. The molecule has 5 rings (SSSR count). The molecule has 4 aromatic rings. The van der Waals surface area contributed by atoms with Crippen LogP contribution in [0.4, 0.5) is 0 Å². The van der Waals surface area contributed by atoms with Gasteiger partial charge in [-0.25, -0.2) is 5.01 Å². The molecule has 1 aliphatic heterocycles. The number of hydrazone groups is 1. The van der Waals surface area contributed by atoms with Gasteiger partial charge in [-0.05, 0) is 42.7 Å². The van der Waals surface area contributed by atoms with Crippen LogP contribution in [0.1, 0.15) is 48.6 Å². The van der Waals surface area contributed by atoms with Crippen LogP contribution in [0, 0.1) is 19.8 Å². The number of nitrogens with one attached hydrogen (secondary N) is 1. The summed E-state index contributed by atoms with van der Waals surface area (Å²) in [6.07, 6.45) is 0.476. The van der Waals surface area contributed by atoms with Crippen LogP contribution in [0.25, 0.3) is 22.0 Å². The quantitative estimate of drug-likeness (QED) is 0.395. The Morgan fingerprint density at radius 3 is 2.40 bits per heavy atom. The summed E-state index contributed by atoms with van der Waals surface area (Å²) in [5, 5.41) is 7.40. The lowest BCUT2D eigenvalue weighted by Gasteiger charge is -2.24. The lowest BCUT2D eigenvalue weighted by molar-refractivity contribution is -0.136. The number of hydrogen-bond donors (Lipinski definition) is 1. The highest BCUT2D eigenvalue weighted by Crippen LogP contribution is 2.38. The van der Waals surface area contributed by atoms with Crippen LogP contribution in [0.5, 0.6) is 0 Å². The summed E-state index contributed by atoms with van der Waals surface area (Å²) in [4.78, 5) is 29.9. The molecule has 0 saturated carbocycles. The first-order valence-electron chi connectivity index (χ1n) is 12.0. The molecule has 1 aromatic heterocycles. The standard InChI is InChI=1S/C30H29N3O2/c1-18(2)30(35)33-26(22-13-9-8-10-20(22)4)17-25(32-33)28-27(21-11-6-5-7-12-21)23-16-19(3)14-15-24(23)31-29(28)34/h5-16,18,26H,17H2,1-4H3,(H,31,34). The molecule has 1 N–H and O–H groups in total. The van der Waals surface area contributed by atoms with Gasteiger partial charge in [0.15, 0.2) is 0 Å². The van der Waals surface area contributed by atoms with Crippen molar-refractivity contribution in [1.29, 1.82) is 0 Å². The van der Waals surface area contributed by atoms with Gasteiger partial charge in [0.1, 0.15) is 0 Å². The maximum absolute atomic E-state index is 13.6. The van der Waals surface area contributed by atoms with Crippen molar-refractivity contribution in [2.75, 3.05) is 0 Å². The second-order valence-electron chi connectivity index (χ2n) is 9.58. The molecule has 5 heteroatoms. The van der Waals surface area contributed by atoms with Crippen LogP contribution in [-0.2, 0) is 4.79 Å². The van der Waals surface area contributed by atoms with E-state index in [0.29, 0.717) is 17.7 Å². The molecule has 5 nitrogen and oxygen atoms in total. The van der Waals surface area contributed by atoms with Crippen LogP contribution >= 0.6 is 0 Å².